The lowest BCUT2D eigenvalue weighted by atomic mass is 10.1. The average Bonchev–Trinajstić information content (AvgIpc) is 3.25. The molecule has 0 saturated heterocycles. The van der Waals surface area contributed by atoms with Gasteiger partial charge in [0.15, 0.2) is 0 Å². The summed E-state index contributed by atoms with van der Waals surface area (Å²) in [5.74, 6) is -0.370. The minimum Gasteiger partial charge on any atom is -0.457 e. The summed E-state index contributed by atoms with van der Waals surface area (Å²) >= 11 is 0. The van der Waals surface area contributed by atoms with E-state index in [0.29, 0.717) is 13.0 Å². The maximum Gasteiger partial charge on any atom is 0.472 e. The van der Waals surface area contributed by atoms with Crippen LogP contribution in [0.3, 0.4) is 0 Å². The van der Waals surface area contributed by atoms with Gasteiger partial charge in [-0.15, -0.1) is 0 Å². The fourth-order valence-corrected chi connectivity index (χ4v) is 6.71. The van der Waals surface area contributed by atoms with Crippen LogP contribution in [0.5, 0.6) is 0 Å². The van der Waals surface area contributed by atoms with Gasteiger partial charge in [0.2, 0.25) is 0 Å². The highest BCUT2D eigenvalue weighted by Crippen LogP contribution is 2.43. The summed E-state index contributed by atoms with van der Waals surface area (Å²) in [5, 5.41) is 0. The van der Waals surface area contributed by atoms with E-state index in [2.05, 4.69) is 123 Å². The number of allylic oxidation sites excluding steroid dienone is 18. The summed E-state index contributed by atoms with van der Waals surface area (Å²) < 4.78 is 33.5. The molecule has 0 aliphatic carbocycles. The number of phosphoric acid groups is 1. The van der Waals surface area contributed by atoms with Crippen molar-refractivity contribution in [2.75, 3.05) is 33.0 Å². The molecule has 2 atom stereocenters. The second kappa shape index (κ2) is 48.2. The molecule has 0 radical (unpaired) electrons. The Hall–Kier alpha value is -2.84. The smallest absolute Gasteiger partial charge is 0.457 e. The summed E-state index contributed by atoms with van der Waals surface area (Å²) in [6.07, 6.45) is 65.4. The minimum atomic E-state index is -4.30. The Morgan fingerprint density at radius 3 is 1.38 bits per heavy atom. The third-order valence-corrected chi connectivity index (χ3v) is 10.4. The maximum absolute atomic E-state index is 12.6. The molecule has 348 valence electrons. The Labute approximate surface area is 373 Å². The first-order chi connectivity index (χ1) is 29.9. The van der Waals surface area contributed by atoms with E-state index >= 15 is 0 Å². The van der Waals surface area contributed by atoms with E-state index < -0.39 is 13.9 Å². The van der Waals surface area contributed by atoms with Crippen LogP contribution in [0, 0.1) is 0 Å². The van der Waals surface area contributed by atoms with Crippen molar-refractivity contribution in [2.24, 2.45) is 5.73 Å². The second-order valence-corrected chi connectivity index (χ2v) is 16.7. The van der Waals surface area contributed by atoms with Crippen LogP contribution in [0.1, 0.15) is 174 Å². The van der Waals surface area contributed by atoms with Gasteiger partial charge < -0.3 is 20.1 Å². The van der Waals surface area contributed by atoms with E-state index in [-0.39, 0.29) is 38.8 Å². The molecule has 0 aromatic carbocycles. The van der Waals surface area contributed by atoms with E-state index in [4.69, 9.17) is 24.3 Å². The number of rotatable bonds is 44. The summed E-state index contributed by atoms with van der Waals surface area (Å²) in [4.78, 5) is 22.5. The minimum absolute atomic E-state index is 0.0862. The van der Waals surface area contributed by atoms with E-state index in [9.17, 15) is 14.3 Å². The van der Waals surface area contributed by atoms with Crippen LogP contribution in [-0.4, -0.2) is 49.9 Å². The molecular weight excluding hydrogens is 782 g/mol. The largest absolute Gasteiger partial charge is 0.472 e. The summed E-state index contributed by atoms with van der Waals surface area (Å²) in [7, 11) is -4.30. The predicted octanol–water partition coefficient (Wildman–Crippen LogP) is 14.8. The van der Waals surface area contributed by atoms with Crippen molar-refractivity contribution in [3.05, 3.63) is 109 Å². The number of phosphoric ester groups is 1. The normalized spacial score (nSPS) is 14.4. The van der Waals surface area contributed by atoms with Crippen LogP contribution >= 0.6 is 7.82 Å². The van der Waals surface area contributed by atoms with Gasteiger partial charge in [-0.25, -0.2) is 4.57 Å². The third-order valence-electron chi connectivity index (χ3n) is 9.42. The predicted molar refractivity (Wildman–Crippen MR) is 261 cm³/mol. The fraction of sp³-hybridized carbons (Fsp3) is 0.635. The van der Waals surface area contributed by atoms with E-state index in [1.165, 1.54) is 51.4 Å². The molecule has 0 aliphatic heterocycles. The quantitative estimate of drug-likeness (QED) is 0.0269. The van der Waals surface area contributed by atoms with Gasteiger partial charge in [0, 0.05) is 19.6 Å². The first-order valence-electron chi connectivity index (χ1n) is 23.9. The van der Waals surface area contributed by atoms with Crippen LogP contribution in [0.2, 0.25) is 0 Å². The zero-order valence-electron chi connectivity index (χ0n) is 38.6. The van der Waals surface area contributed by atoms with E-state index in [0.717, 1.165) is 96.3 Å². The van der Waals surface area contributed by atoms with Crippen molar-refractivity contribution in [1.29, 1.82) is 0 Å². The van der Waals surface area contributed by atoms with Gasteiger partial charge in [-0.2, -0.15) is 0 Å². The molecule has 0 aromatic heterocycles. The number of ether oxygens (including phenoxy) is 2. The first kappa shape index (κ1) is 58.2. The standard InChI is InChI=1S/C52H88NO7P/c1-3-5-7-9-11-13-15-17-19-21-22-23-24-25-26-27-28-29-31-33-35-37-39-41-43-45-52(54)60-51(50-59-61(55,56)58-48-46-53)49-57-47-44-42-40-38-36-34-32-30-20-18-16-14-12-10-8-6-4-2/h5,7,11,13-14,16-17,19-20,22-23,25-26,28-30,33,35,51H,3-4,6,8-10,12,15,18,21,24,27,31-32,34,36-50,53H2,1-2H3,(H,55,56)/b7-5-,13-11-,16-14-,19-17-,23-22-,26-25-,29-28-,30-20-,35-33-. The van der Waals surface area contributed by atoms with Gasteiger partial charge >= 0.3 is 13.8 Å². The van der Waals surface area contributed by atoms with E-state index in [1.807, 2.05) is 0 Å². The molecule has 0 fully saturated rings. The zero-order valence-corrected chi connectivity index (χ0v) is 39.5. The number of hydrogen-bond acceptors (Lipinski definition) is 7. The van der Waals surface area contributed by atoms with Crippen LogP contribution in [0.4, 0.5) is 0 Å². The Kier molecular flexibility index (Phi) is 46.0. The van der Waals surface area contributed by atoms with Crippen molar-refractivity contribution >= 4 is 13.8 Å². The van der Waals surface area contributed by atoms with Crippen LogP contribution in [-0.2, 0) is 27.9 Å². The lowest BCUT2D eigenvalue weighted by molar-refractivity contribution is -0.154. The zero-order chi connectivity index (χ0) is 44.4. The SMILES string of the molecule is CC/C=C\C/C=C\C/C=C\C/C=C\C/C=C\C/C=C\C/C=C\CCCCCC(=O)OC(COCCCCCCCC/C=C\C/C=C\CCCCCC)COP(=O)(O)OCCN. The Bertz CT molecular complexity index is 1300. The highest BCUT2D eigenvalue weighted by atomic mass is 31.2. The average molecular weight is 870 g/mol. The first-order valence-corrected chi connectivity index (χ1v) is 25.4. The van der Waals surface area contributed by atoms with Gasteiger partial charge in [-0.05, 0) is 103 Å². The Morgan fingerprint density at radius 1 is 0.508 bits per heavy atom. The van der Waals surface area contributed by atoms with Crippen molar-refractivity contribution in [3.63, 3.8) is 0 Å². The molecule has 3 N–H and O–H groups in total. The third kappa shape index (κ3) is 48.1. The molecule has 61 heavy (non-hydrogen) atoms. The number of carbonyl (C=O) groups is 1. The molecule has 0 spiro atoms. The number of nitrogens with two attached hydrogens (primary N) is 1. The van der Waals surface area contributed by atoms with Gasteiger partial charge in [0.25, 0.3) is 0 Å². The Morgan fingerprint density at radius 2 is 0.918 bits per heavy atom. The summed E-state index contributed by atoms with van der Waals surface area (Å²) in [5.41, 5.74) is 5.38. The fourth-order valence-electron chi connectivity index (χ4n) is 5.95. The molecule has 8 nitrogen and oxygen atoms in total. The second-order valence-electron chi connectivity index (χ2n) is 15.2. The molecule has 0 bridgehead atoms. The van der Waals surface area contributed by atoms with Gasteiger partial charge in [0.1, 0.15) is 6.10 Å². The lowest BCUT2D eigenvalue weighted by Crippen LogP contribution is -2.28. The van der Waals surface area contributed by atoms with Gasteiger partial charge in [-0.1, -0.05) is 175 Å². The molecule has 0 saturated carbocycles. The van der Waals surface area contributed by atoms with Crippen LogP contribution < -0.4 is 5.73 Å². The van der Waals surface area contributed by atoms with Crippen molar-refractivity contribution in [2.45, 2.75) is 180 Å². The summed E-state index contributed by atoms with van der Waals surface area (Å²) in [6.45, 7) is 4.69. The highest BCUT2D eigenvalue weighted by molar-refractivity contribution is 7.47. The topological polar surface area (TPSA) is 117 Å². The number of esters is 1. The van der Waals surface area contributed by atoms with Crippen molar-refractivity contribution < 1.29 is 32.8 Å². The monoisotopic (exact) mass is 870 g/mol. The lowest BCUT2D eigenvalue weighted by Gasteiger charge is -2.20. The molecule has 9 heteroatoms. The number of carbonyl (C=O) groups excluding carboxylic acids is 1. The molecular formula is C52H88NO7P. The number of unbranched alkanes of at least 4 members (excludes halogenated alkanes) is 13. The van der Waals surface area contributed by atoms with Crippen LogP contribution in [0.15, 0.2) is 109 Å². The molecule has 2 unspecified atom stereocenters. The maximum atomic E-state index is 12.6. The molecule has 0 rings (SSSR count). The van der Waals surface area contributed by atoms with E-state index in [1.54, 1.807) is 0 Å². The van der Waals surface area contributed by atoms with Crippen LogP contribution in [0.25, 0.3) is 0 Å². The molecule has 0 aromatic rings. The molecule has 0 heterocycles. The van der Waals surface area contributed by atoms with Gasteiger partial charge in [0.05, 0.1) is 19.8 Å². The van der Waals surface area contributed by atoms with Crippen molar-refractivity contribution in [3.8, 4) is 0 Å². The summed E-state index contributed by atoms with van der Waals surface area (Å²) in [6, 6.07) is 0. The highest BCUT2D eigenvalue weighted by Gasteiger charge is 2.25. The number of hydrogen-bond donors (Lipinski definition) is 2. The molecule has 0 aliphatic rings. The van der Waals surface area contributed by atoms with Gasteiger partial charge in [-0.3, -0.25) is 13.8 Å². The Balaban J connectivity index is 4.13. The molecule has 0 amide bonds. The van der Waals surface area contributed by atoms with Crippen molar-refractivity contribution in [1.82, 2.24) is 0 Å².